The first-order valence-electron chi connectivity index (χ1n) is 8.31. The zero-order valence-corrected chi connectivity index (χ0v) is 17.4. The number of carbonyl (C=O) groups is 1. The molecule has 0 heterocycles. The van der Waals surface area contributed by atoms with Gasteiger partial charge < -0.3 is 5.32 Å². The second-order valence-corrected chi connectivity index (χ2v) is 8.77. The Kier molecular flexibility index (Phi) is 5.99. The normalized spacial score (nSPS) is 11.2. The van der Waals surface area contributed by atoms with E-state index in [1.54, 1.807) is 6.07 Å². The van der Waals surface area contributed by atoms with Crippen molar-refractivity contribution < 1.29 is 22.0 Å². The van der Waals surface area contributed by atoms with E-state index in [2.05, 4.69) is 26.0 Å². The summed E-state index contributed by atoms with van der Waals surface area (Å²) in [6.07, 6.45) is 0. The van der Waals surface area contributed by atoms with Gasteiger partial charge in [0.05, 0.1) is 10.6 Å². The SMILES string of the molecule is Cc1ccc(S(=O)(=O)Nc2cccc(C(=O)Nc3ccc(Br)cc3F)c2)cc1F. The molecular formula is C20H15BrF2N2O3S. The van der Waals surface area contributed by atoms with Crippen molar-refractivity contribution in [2.75, 3.05) is 10.0 Å². The molecule has 3 rings (SSSR count). The lowest BCUT2D eigenvalue weighted by Gasteiger charge is -2.11. The fraction of sp³-hybridized carbons (Fsp3) is 0.0500. The maximum atomic E-state index is 13.9. The average molecular weight is 481 g/mol. The lowest BCUT2D eigenvalue weighted by Crippen LogP contribution is -2.16. The number of halogens is 3. The standard InChI is InChI=1S/C20H15BrF2N2O3S/c1-12-5-7-16(11-17(12)22)29(27,28)25-15-4-2-3-13(9-15)20(26)24-19-8-6-14(21)10-18(19)23/h2-11,25H,1H3,(H,24,26). The first kappa shape index (κ1) is 20.9. The molecule has 3 aromatic carbocycles. The third kappa shape index (κ3) is 4.99. The van der Waals surface area contributed by atoms with Crippen molar-refractivity contribution in [1.29, 1.82) is 0 Å². The minimum Gasteiger partial charge on any atom is -0.319 e. The fourth-order valence-corrected chi connectivity index (χ4v) is 3.86. The van der Waals surface area contributed by atoms with Crippen LogP contribution in [0.25, 0.3) is 0 Å². The van der Waals surface area contributed by atoms with Crippen LogP contribution < -0.4 is 10.0 Å². The fourth-order valence-electron chi connectivity index (χ4n) is 2.46. The number of hydrogen-bond donors (Lipinski definition) is 2. The molecule has 3 aromatic rings. The molecule has 0 atom stereocenters. The summed E-state index contributed by atoms with van der Waals surface area (Å²) in [6.45, 7) is 1.52. The van der Waals surface area contributed by atoms with Gasteiger partial charge in [-0.3, -0.25) is 9.52 Å². The quantitative estimate of drug-likeness (QED) is 0.533. The van der Waals surface area contributed by atoms with E-state index in [9.17, 15) is 22.0 Å². The monoisotopic (exact) mass is 480 g/mol. The van der Waals surface area contributed by atoms with E-state index in [0.717, 1.165) is 6.07 Å². The topological polar surface area (TPSA) is 75.3 Å². The highest BCUT2D eigenvalue weighted by Crippen LogP contribution is 2.22. The van der Waals surface area contributed by atoms with Crippen LogP contribution in [0.5, 0.6) is 0 Å². The van der Waals surface area contributed by atoms with Crippen LogP contribution in [0.4, 0.5) is 20.2 Å². The van der Waals surface area contributed by atoms with Gasteiger partial charge >= 0.3 is 0 Å². The molecule has 9 heteroatoms. The lowest BCUT2D eigenvalue weighted by molar-refractivity contribution is 0.102. The largest absolute Gasteiger partial charge is 0.319 e. The second-order valence-electron chi connectivity index (χ2n) is 6.18. The van der Waals surface area contributed by atoms with Crippen molar-refractivity contribution in [3.05, 3.63) is 87.9 Å². The molecule has 29 heavy (non-hydrogen) atoms. The number of rotatable bonds is 5. The van der Waals surface area contributed by atoms with Gasteiger partial charge in [-0.15, -0.1) is 0 Å². The molecule has 0 unspecified atom stereocenters. The predicted octanol–water partition coefficient (Wildman–Crippen LogP) is 5.09. The van der Waals surface area contributed by atoms with Gasteiger partial charge in [0.2, 0.25) is 0 Å². The Bertz CT molecular complexity index is 1200. The Morgan fingerprint density at radius 2 is 1.72 bits per heavy atom. The summed E-state index contributed by atoms with van der Waals surface area (Å²) in [5, 5.41) is 2.43. The molecule has 0 saturated carbocycles. The van der Waals surface area contributed by atoms with Gasteiger partial charge in [-0.05, 0) is 61.0 Å². The Balaban J connectivity index is 1.81. The van der Waals surface area contributed by atoms with Crippen LogP contribution in [-0.2, 0) is 10.0 Å². The zero-order valence-electron chi connectivity index (χ0n) is 15.0. The number of nitrogens with one attached hydrogen (secondary N) is 2. The summed E-state index contributed by atoms with van der Waals surface area (Å²) in [7, 11) is -4.05. The van der Waals surface area contributed by atoms with Gasteiger partial charge in [0.25, 0.3) is 15.9 Å². The van der Waals surface area contributed by atoms with Crippen LogP contribution in [-0.4, -0.2) is 14.3 Å². The first-order chi connectivity index (χ1) is 13.7. The Labute approximate surface area is 174 Å². The van der Waals surface area contributed by atoms with E-state index in [0.29, 0.717) is 10.0 Å². The van der Waals surface area contributed by atoms with Gasteiger partial charge in [0.15, 0.2) is 0 Å². The minimum absolute atomic E-state index is 0.0145. The Hall–Kier alpha value is -2.78. The molecular weight excluding hydrogens is 466 g/mol. The molecule has 0 saturated heterocycles. The van der Waals surface area contributed by atoms with E-state index < -0.39 is 27.6 Å². The molecule has 1 amide bonds. The Morgan fingerprint density at radius 1 is 0.966 bits per heavy atom. The van der Waals surface area contributed by atoms with Crippen molar-refractivity contribution >= 4 is 43.2 Å². The summed E-state index contributed by atoms with van der Waals surface area (Å²) in [5.41, 5.74) is 0.527. The number of anilines is 2. The molecule has 0 aliphatic heterocycles. The van der Waals surface area contributed by atoms with Crippen molar-refractivity contribution in [1.82, 2.24) is 0 Å². The molecule has 0 spiro atoms. The van der Waals surface area contributed by atoms with Crippen molar-refractivity contribution in [2.45, 2.75) is 11.8 Å². The van der Waals surface area contributed by atoms with E-state index in [1.165, 1.54) is 55.5 Å². The molecule has 2 N–H and O–H groups in total. The third-order valence-electron chi connectivity index (χ3n) is 4.01. The summed E-state index contributed by atoms with van der Waals surface area (Å²) >= 11 is 3.13. The van der Waals surface area contributed by atoms with Crippen LogP contribution in [0.1, 0.15) is 15.9 Å². The van der Waals surface area contributed by atoms with Gasteiger partial charge in [-0.2, -0.15) is 0 Å². The van der Waals surface area contributed by atoms with Crippen molar-refractivity contribution in [3.63, 3.8) is 0 Å². The minimum atomic E-state index is -4.05. The smallest absolute Gasteiger partial charge is 0.261 e. The van der Waals surface area contributed by atoms with Crippen LogP contribution in [0.15, 0.2) is 70.0 Å². The molecule has 0 aromatic heterocycles. The number of aryl methyl sites for hydroxylation is 1. The van der Waals surface area contributed by atoms with Crippen LogP contribution in [0, 0.1) is 18.6 Å². The van der Waals surface area contributed by atoms with Crippen molar-refractivity contribution in [3.8, 4) is 0 Å². The highest BCUT2D eigenvalue weighted by Gasteiger charge is 2.17. The first-order valence-corrected chi connectivity index (χ1v) is 10.6. The number of amides is 1. The Morgan fingerprint density at radius 3 is 2.41 bits per heavy atom. The molecule has 0 aliphatic rings. The molecule has 0 bridgehead atoms. The molecule has 5 nitrogen and oxygen atoms in total. The van der Waals surface area contributed by atoms with E-state index in [-0.39, 0.29) is 21.8 Å². The van der Waals surface area contributed by atoms with Crippen LogP contribution in [0.3, 0.4) is 0 Å². The van der Waals surface area contributed by atoms with Crippen LogP contribution >= 0.6 is 15.9 Å². The summed E-state index contributed by atoms with van der Waals surface area (Å²) in [5.74, 6) is -1.88. The van der Waals surface area contributed by atoms with Gasteiger partial charge in [0.1, 0.15) is 11.6 Å². The highest BCUT2D eigenvalue weighted by atomic mass is 79.9. The zero-order chi connectivity index (χ0) is 21.2. The second kappa shape index (κ2) is 8.30. The average Bonchev–Trinajstić information content (AvgIpc) is 2.66. The van der Waals surface area contributed by atoms with E-state index in [4.69, 9.17) is 0 Å². The summed E-state index contributed by atoms with van der Waals surface area (Å²) < 4.78 is 55.4. The van der Waals surface area contributed by atoms with Crippen molar-refractivity contribution in [2.24, 2.45) is 0 Å². The molecule has 0 radical (unpaired) electrons. The molecule has 0 fully saturated rings. The highest BCUT2D eigenvalue weighted by molar-refractivity contribution is 9.10. The van der Waals surface area contributed by atoms with Gasteiger partial charge in [0, 0.05) is 15.7 Å². The number of hydrogen-bond acceptors (Lipinski definition) is 3. The van der Waals surface area contributed by atoms with Gasteiger partial charge in [-0.1, -0.05) is 28.1 Å². The molecule has 0 aliphatic carbocycles. The third-order valence-corrected chi connectivity index (χ3v) is 5.88. The number of carbonyl (C=O) groups excluding carboxylic acids is 1. The maximum Gasteiger partial charge on any atom is 0.261 e. The predicted molar refractivity (Wildman–Crippen MR) is 110 cm³/mol. The van der Waals surface area contributed by atoms with E-state index in [1.807, 2.05) is 0 Å². The van der Waals surface area contributed by atoms with Crippen LogP contribution in [0.2, 0.25) is 0 Å². The van der Waals surface area contributed by atoms with E-state index >= 15 is 0 Å². The lowest BCUT2D eigenvalue weighted by atomic mass is 10.2. The summed E-state index contributed by atoms with van der Waals surface area (Å²) in [4.78, 5) is 12.2. The molecule has 150 valence electrons. The van der Waals surface area contributed by atoms with Gasteiger partial charge in [-0.25, -0.2) is 17.2 Å². The number of benzene rings is 3. The summed E-state index contributed by atoms with van der Waals surface area (Å²) in [6, 6.07) is 13.4. The maximum absolute atomic E-state index is 13.9. The number of sulfonamides is 1.